The van der Waals surface area contributed by atoms with E-state index in [1.165, 1.54) is 11.5 Å². The van der Waals surface area contributed by atoms with Gasteiger partial charge in [-0.25, -0.2) is 5.43 Å². The standard InChI is InChI=1S/C8H10N4OS/c1-5-3-13-4-6(5)8(11-9)7-2-10-12-14-7/h2-4,8,11H,9H2,1H3. The summed E-state index contributed by atoms with van der Waals surface area (Å²) in [4.78, 5) is 0.969. The second-order valence-corrected chi connectivity index (χ2v) is 3.75. The Morgan fingerprint density at radius 3 is 2.93 bits per heavy atom. The largest absolute Gasteiger partial charge is 0.472 e. The third-order valence-electron chi connectivity index (χ3n) is 2.04. The van der Waals surface area contributed by atoms with Crippen molar-refractivity contribution in [3.8, 4) is 0 Å². The van der Waals surface area contributed by atoms with Crippen LogP contribution in [0, 0.1) is 6.92 Å². The minimum Gasteiger partial charge on any atom is -0.472 e. The van der Waals surface area contributed by atoms with Crippen molar-refractivity contribution in [1.82, 2.24) is 15.0 Å². The van der Waals surface area contributed by atoms with Crippen molar-refractivity contribution < 1.29 is 4.42 Å². The summed E-state index contributed by atoms with van der Waals surface area (Å²) in [5.74, 6) is 5.48. The van der Waals surface area contributed by atoms with Crippen LogP contribution in [0.4, 0.5) is 0 Å². The smallest absolute Gasteiger partial charge is 0.0957 e. The Morgan fingerprint density at radius 2 is 2.43 bits per heavy atom. The summed E-state index contributed by atoms with van der Waals surface area (Å²) in [6.45, 7) is 1.97. The van der Waals surface area contributed by atoms with E-state index in [2.05, 4.69) is 15.0 Å². The van der Waals surface area contributed by atoms with Gasteiger partial charge in [0.15, 0.2) is 0 Å². The van der Waals surface area contributed by atoms with Gasteiger partial charge in [0, 0.05) is 5.56 Å². The number of hydrogen-bond donors (Lipinski definition) is 2. The highest BCUT2D eigenvalue weighted by Gasteiger charge is 2.18. The molecule has 3 N–H and O–H groups in total. The molecule has 0 fully saturated rings. The Hall–Kier alpha value is -1.24. The average molecular weight is 210 g/mol. The third-order valence-corrected chi connectivity index (χ3v) is 2.76. The number of furan rings is 1. The average Bonchev–Trinajstić information content (AvgIpc) is 2.80. The van der Waals surface area contributed by atoms with Crippen molar-refractivity contribution in [2.45, 2.75) is 13.0 Å². The number of nitrogens with zero attached hydrogens (tertiary/aromatic N) is 2. The normalized spacial score (nSPS) is 13.0. The molecule has 0 radical (unpaired) electrons. The molecule has 0 saturated heterocycles. The topological polar surface area (TPSA) is 77.0 Å². The van der Waals surface area contributed by atoms with Gasteiger partial charge in [-0.3, -0.25) is 5.84 Å². The van der Waals surface area contributed by atoms with Crippen LogP contribution in [-0.4, -0.2) is 9.59 Å². The summed E-state index contributed by atoms with van der Waals surface area (Å²) in [5, 5.41) is 3.77. The van der Waals surface area contributed by atoms with E-state index in [1.807, 2.05) is 6.92 Å². The lowest BCUT2D eigenvalue weighted by Gasteiger charge is -2.11. The molecule has 14 heavy (non-hydrogen) atoms. The van der Waals surface area contributed by atoms with E-state index in [4.69, 9.17) is 10.3 Å². The predicted octanol–water partition coefficient (Wildman–Crippen LogP) is 0.992. The summed E-state index contributed by atoms with van der Waals surface area (Å²) in [7, 11) is 0. The van der Waals surface area contributed by atoms with E-state index >= 15 is 0 Å². The lowest BCUT2D eigenvalue weighted by atomic mass is 10.1. The molecular weight excluding hydrogens is 200 g/mol. The van der Waals surface area contributed by atoms with Gasteiger partial charge >= 0.3 is 0 Å². The van der Waals surface area contributed by atoms with Gasteiger partial charge in [0.1, 0.15) is 0 Å². The van der Waals surface area contributed by atoms with Gasteiger partial charge in [0.05, 0.1) is 29.6 Å². The highest BCUT2D eigenvalue weighted by molar-refractivity contribution is 7.05. The fourth-order valence-electron chi connectivity index (χ4n) is 1.29. The van der Waals surface area contributed by atoms with Crippen LogP contribution in [0.2, 0.25) is 0 Å². The maximum atomic E-state index is 5.48. The summed E-state index contributed by atoms with van der Waals surface area (Å²) in [6, 6.07) is -0.0891. The molecule has 0 spiro atoms. The van der Waals surface area contributed by atoms with Crippen LogP contribution < -0.4 is 11.3 Å². The highest BCUT2D eigenvalue weighted by Crippen LogP contribution is 2.26. The van der Waals surface area contributed by atoms with Crippen LogP contribution >= 0.6 is 11.5 Å². The molecule has 0 aliphatic carbocycles. The summed E-state index contributed by atoms with van der Waals surface area (Å²) in [5.41, 5.74) is 4.79. The van der Waals surface area contributed by atoms with Crippen molar-refractivity contribution >= 4 is 11.5 Å². The van der Waals surface area contributed by atoms with Crippen LogP contribution in [-0.2, 0) is 0 Å². The minimum absolute atomic E-state index is 0.0891. The van der Waals surface area contributed by atoms with Crippen LogP contribution in [0.3, 0.4) is 0 Å². The molecule has 2 rings (SSSR count). The monoisotopic (exact) mass is 210 g/mol. The number of nitrogens with two attached hydrogens (primary N) is 1. The molecule has 1 atom stereocenters. The van der Waals surface area contributed by atoms with Gasteiger partial charge in [-0.15, -0.1) is 5.10 Å². The summed E-state index contributed by atoms with van der Waals surface area (Å²) >= 11 is 1.32. The zero-order valence-corrected chi connectivity index (χ0v) is 8.41. The number of rotatable bonds is 3. The van der Waals surface area contributed by atoms with Gasteiger partial charge < -0.3 is 4.42 Å². The molecule has 0 bridgehead atoms. The molecular formula is C8H10N4OS. The van der Waals surface area contributed by atoms with Gasteiger partial charge in [-0.05, 0) is 24.0 Å². The molecule has 0 saturated carbocycles. The number of hydrogen-bond acceptors (Lipinski definition) is 6. The van der Waals surface area contributed by atoms with Crippen molar-refractivity contribution in [3.63, 3.8) is 0 Å². The Kier molecular flexibility index (Phi) is 2.58. The van der Waals surface area contributed by atoms with E-state index < -0.39 is 0 Å². The lowest BCUT2D eigenvalue weighted by molar-refractivity contribution is 0.554. The van der Waals surface area contributed by atoms with E-state index in [0.29, 0.717) is 0 Å². The van der Waals surface area contributed by atoms with E-state index in [-0.39, 0.29) is 6.04 Å². The predicted molar refractivity (Wildman–Crippen MR) is 52.5 cm³/mol. The molecule has 0 aliphatic heterocycles. The zero-order chi connectivity index (χ0) is 9.97. The molecule has 2 heterocycles. The Morgan fingerprint density at radius 1 is 1.57 bits per heavy atom. The maximum absolute atomic E-state index is 5.48. The van der Waals surface area contributed by atoms with E-state index in [1.54, 1.807) is 18.7 Å². The number of aromatic nitrogens is 2. The fraction of sp³-hybridized carbons (Fsp3) is 0.250. The maximum Gasteiger partial charge on any atom is 0.0957 e. The van der Waals surface area contributed by atoms with Crippen LogP contribution in [0.5, 0.6) is 0 Å². The molecule has 0 aromatic carbocycles. The third kappa shape index (κ3) is 1.54. The van der Waals surface area contributed by atoms with E-state index in [0.717, 1.165) is 16.0 Å². The second kappa shape index (κ2) is 3.87. The molecule has 0 aliphatic rings. The van der Waals surface area contributed by atoms with Crippen molar-refractivity contribution in [1.29, 1.82) is 0 Å². The number of hydrazine groups is 1. The number of nitrogens with one attached hydrogen (secondary N) is 1. The van der Waals surface area contributed by atoms with Gasteiger partial charge in [0.2, 0.25) is 0 Å². The van der Waals surface area contributed by atoms with Crippen molar-refractivity contribution in [2.24, 2.45) is 5.84 Å². The van der Waals surface area contributed by atoms with Crippen molar-refractivity contribution in [3.05, 3.63) is 34.7 Å². The highest BCUT2D eigenvalue weighted by atomic mass is 32.1. The Labute approximate surface area is 85.1 Å². The molecule has 74 valence electrons. The molecule has 2 aromatic heterocycles. The molecule has 6 heteroatoms. The second-order valence-electron chi connectivity index (χ2n) is 2.93. The molecule has 5 nitrogen and oxygen atoms in total. The van der Waals surface area contributed by atoms with Crippen LogP contribution in [0.1, 0.15) is 22.0 Å². The first-order chi connectivity index (χ1) is 6.83. The Balaban J connectivity index is 2.36. The molecule has 2 aromatic rings. The van der Waals surface area contributed by atoms with Gasteiger partial charge in [0.25, 0.3) is 0 Å². The van der Waals surface area contributed by atoms with Crippen LogP contribution in [0.15, 0.2) is 23.1 Å². The quantitative estimate of drug-likeness (QED) is 0.583. The SMILES string of the molecule is Cc1cocc1C(NN)c1cnns1. The zero-order valence-electron chi connectivity index (χ0n) is 7.60. The first kappa shape index (κ1) is 9.32. The van der Waals surface area contributed by atoms with E-state index in [9.17, 15) is 0 Å². The first-order valence-corrected chi connectivity index (χ1v) is 4.86. The first-order valence-electron chi connectivity index (χ1n) is 4.09. The van der Waals surface area contributed by atoms with Gasteiger partial charge in [-0.2, -0.15) is 0 Å². The minimum atomic E-state index is -0.0891. The molecule has 0 amide bonds. The molecule has 1 unspecified atom stereocenters. The van der Waals surface area contributed by atoms with Gasteiger partial charge in [-0.1, -0.05) is 4.49 Å². The van der Waals surface area contributed by atoms with Crippen molar-refractivity contribution in [2.75, 3.05) is 0 Å². The van der Waals surface area contributed by atoms with Crippen LogP contribution in [0.25, 0.3) is 0 Å². The fourth-order valence-corrected chi connectivity index (χ4v) is 1.88. The number of aryl methyl sites for hydroxylation is 1. The lowest BCUT2D eigenvalue weighted by Crippen LogP contribution is -2.28. The summed E-state index contributed by atoms with van der Waals surface area (Å²) in [6.07, 6.45) is 5.06. The Bertz CT molecular complexity index is 397. The summed E-state index contributed by atoms with van der Waals surface area (Å²) < 4.78 is 8.89.